The number of carbonyl (C=O) groups excluding carboxylic acids is 1. The summed E-state index contributed by atoms with van der Waals surface area (Å²) in [5.41, 5.74) is 0.459. The molecule has 1 amide bonds. The molecule has 0 unspecified atom stereocenters. The molecule has 8 nitrogen and oxygen atoms in total. The van der Waals surface area contributed by atoms with Crippen molar-refractivity contribution in [1.82, 2.24) is 15.0 Å². The third-order valence-electron chi connectivity index (χ3n) is 4.77. The van der Waals surface area contributed by atoms with Gasteiger partial charge in [-0.2, -0.15) is 13.2 Å². The molecule has 0 aromatic carbocycles. The van der Waals surface area contributed by atoms with Crippen molar-refractivity contribution in [1.29, 1.82) is 0 Å². The highest BCUT2D eigenvalue weighted by molar-refractivity contribution is 6.05. The SMILES string of the molecule is CC1(c2ccncc2NC(=O)c2ccnc(Nc3ccc(C(F)(F)F)cn3)c2)OCCO1. The molecule has 1 saturated heterocycles. The van der Waals surface area contributed by atoms with Crippen LogP contribution in [-0.4, -0.2) is 34.1 Å². The molecule has 0 radical (unpaired) electrons. The van der Waals surface area contributed by atoms with Gasteiger partial charge in [0.2, 0.25) is 0 Å². The van der Waals surface area contributed by atoms with E-state index in [-0.39, 0.29) is 17.2 Å². The van der Waals surface area contributed by atoms with Crippen molar-refractivity contribution >= 4 is 23.2 Å². The first kappa shape index (κ1) is 21.7. The zero-order chi connectivity index (χ0) is 22.8. The Hall–Kier alpha value is -3.57. The lowest BCUT2D eigenvalue weighted by Gasteiger charge is -2.25. The second kappa shape index (κ2) is 8.52. The summed E-state index contributed by atoms with van der Waals surface area (Å²) in [4.78, 5) is 24.7. The van der Waals surface area contributed by atoms with Crippen LogP contribution < -0.4 is 10.6 Å². The van der Waals surface area contributed by atoms with Gasteiger partial charge in [-0.15, -0.1) is 0 Å². The van der Waals surface area contributed by atoms with E-state index in [4.69, 9.17) is 9.47 Å². The lowest BCUT2D eigenvalue weighted by atomic mass is 10.1. The molecule has 166 valence electrons. The van der Waals surface area contributed by atoms with Crippen LogP contribution in [0.3, 0.4) is 0 Å². The number of ether oxygens (including phenoxy) is 2. The number of nitrogens with zero attached hydrogens (tertiary/aromatic N) is 3. The topological polar surface area (TPSA) is 98.3 Å². The van der Waals surface area contributed by atoms with E-state index in [9.17, 15) is 18.0 Å². The van der Waals surface area contributed by atoms with Crippen molar-refractivity contribution in [2.24, 2.45) is 0 Å². The van der Waals surface area contributed by atoms with E-state index in [0.29, 0.717) is 24.5 Å². The van der Waals surface area contributed by atoms with E-state index < -0.39 is 23.4 Å². The molecule has 0 atom stereocenters. The zero-order valence-electron chi connectivity index (χ0n) is 16.8. The molecule has 0 bridgehead atoms. The van der Waals surface area contributed by atoms with Crippen LogP contribution in [0.15, 0.2) is 55.1 Å². The van der Waals surface area contributed by atoms with Gasteiger partial charge in [0.1, 0.15) is 11.6 Å². The highest BCUT2D eigenvalue weighted by atomic mass is 19.4. The molecule has 0 aliphatic carbocycles. The van der Waals surface area contributed by atoms with Gasteiger partial charge in [0.15, 0.2) is 5.79 Å². The number of hydrogen-bond acceptors (Lipinski definition) is 7. The third-order valence-corrected chi connectivity index (χ3v) is 4.77. The molecule has 0 spiro atoms. The quantitative estimate of drug-likeness (QED) is 0.610. The summed E-state index contributed by atoms with van der Waals surface area (Å²) in [6, 6.07) is 6.75. The average molecular weight is 445 g/mol. The van der Waals surface area contributed by atoms with E-state index in [0.717, 1.165) is 12.3 Å². The number of alkyl halides is 3. The van der Waals surface area contributed by atoms with Crippen LogP contribution in [-0.2, 0) is 21.4 Å². The van der Waals surface area contributed by atoms with Crippen LogP contribution in [0, 0.1) is 0 Å². The maximum absolute atomic E-state index is 12.8. The molecule has 0 saturated carbocycles. The Labute approximate surface area is 180 Å². The van der Waals surface area contributed by atoms with E-state index >= 15 is 0 Å². The molecule has 3 aromatic rings. The van der Waals surface area contributed by atoms with Gasteiger partial charge in [-0.25, -0.2) is 9.97 Å². The van der Waals surface area contributed by atoms with E-state index in [1.54, 1.807) is 19.2 Å². The van der Waals surface area contributed by atoms with Crippen molar-refractivity contribution < 1.29 is 27.4 Å². The number of amides is 1. The minimum absolute atomic E-state index is 0.154. The number of rotatable bonds is 5. The van der Waals surface area contributed by atoms with Gasteiger partial charge in [0, 0.05) is 29.7 Å². The molecule has 4 rings (SSSR count). The second-order valence-electron chi connectivity index (χ2n) is 7.00. The van der Waals surface area contributed by atoms with Crippen LogP contribution >= 0.6 is 0 Å². The van der Waals surface area contributed by atoms with E-state index in [2.05, 4.69) is 25.6 Å². The van der Waals surface area contributed by atoms with Gasteiger partial charge in [-0.1, -0.05) is 0 Å². The smallest absolute Gasteiger partial charge is 0.344 e. The molecule has 1 aliphatic heterocycles. The highest BCUT2D eigenvalue weighted by Crippen LogP contribution is 2.35. The van der Waals surface area contributed by atoms with Crippen LogP contribution in [0.2, 0.25) is 0 Å². The summed E-state index contributed by atoms with van der Waals surface area (Å²) in [6.45, 7) is 2.63. The second-order valence-corrected chi connectivity index (χ2v) is 7.00. The maximum Gasteiger partial charge on any atom is 0.417 e. The normalized spacial score (nSPS) is 15.4. The average Bonchev–Trinajstić information content (AvgIpc) is 3.21. The third kappa shape index (κ3) is 4.68. The number of pyridine rings is 3. The van der Waals surface area contributed by atoms with Crippen molar-refractivity contribution in [2.75, 3.05) is 23.8 Å². The lowest BCUT2D eigenvalue weighted by molar-refractivity contribution is -0.149. The molecular formula is C21H18F3N5O3. The zero-order valence-corrected chi connectivity index (χ0v) is 16.8. The molecule has 32 heavy (non-hydrogen) atoms. The predicted molar refractivity (Wildman–Crippen MR) is 108 cm³/mol. The summed E-state index contributed by atoms with van der Waals surface area (Å²) in [5.74, 6) is -1.04. The fourth-order valence-corrected chi connectivity index (χ4v) is 3.16. The first-order valence-electron chi connectivity index (χ1n) is 9.55. The standard InChI is InChI=1S/C21H18F3N5O3/c1-20(31-8-9-32-20)15-5-6-25-12-16(15)28-19(30)13-4-7-26-18(10-13)29-17-3-2-14(11-27-17)21(22,23)24/h2-7,10-12H,8-9H2,1H3,(H,28,30)(H,26,27,29). The highest BCUT2D eigenvalue weighted by Gasteiger charge is 2.35. The van der Waals surface area contributed by atoms with Crippen molar-refractivity contribution in [3.63, 3.8) is 0 Å². The molecule has 4 heterocycles. The monoisotopic (exact) mass is 445 g/mol. The van der Waals surface area contributed by atoms with E-state index in [1.807, 2.05) is 0 Å². The number of carbonyl (C=O) groups is 1. The molecule has 2 N–H and O–H groups in total. The fourth-order valence-electron chi connectivity index (χ4n) is 3.16. The Morgan fingerprint density at radius 1 is 1.03 bits per heavy atom. The first-order valence-corrected chi connectivity index (χ1v) is 9.55. The van der Waals surface area contributed by atoms with Crippen LogP contribution in [0.25, 0.3) is 0 Å². The number of halogens is 3. The Balaban J connectivity index is 1.50. The molecule has 1 aliphatic rings. The largest absolute Gasteiger partial charge is 0.417 e. The Morgan fingerprint density at radius 3 is 2.50 bits per heavy atom. The van der Waals surface area contributed by atoms with Gasteiger partial charge in [-0.3, -0.25) is 9.78 Å². The first-order chi connectivity index (χ1) is 15.2. The fraction of sp³-hybridized carbons (Fsp3) is 0.238. The number of hydrogen-bond donors (Lipinski definition) is 2. The lowest BCUT2D eigenvalue weighted by Crippen LogP contribution is -2.25. The Bertz CT molecular complexity index is 1120. The minimum Gasteiger partial charge on any atom is -0.344 e. The van der Waals surface area contributed by atoms with Gasteiger partial charge >= 0.3 is 6.18 Å². The molecule has 3 aromatic heterocycles. The van der Waals surface area contributed by atoms with Crippen molar-refractivity contribution in [3.8, 4) is 0 Å². The predicted octanol–water partition coefficient (Wildman–Crippen LogP) is 4.11. The number of nitrogens with one attached hydrogen (secondary N) is 2. The van der Waals surface area contributed by atoms with Crippen molar-refractivity contribution in [2.45, 2.75) is 18.9 Å². The van der Waals surface area contributed by atoms with Gasteiger partial charge in [0.05, 0.1) is 30.7 Å². The van der Waals surface area contributed by atoms with Crippen LogP contribution in [0.5, 0.6) is 0 Å². The summed E-state index contributed by atoms with van der Waals surface area (Å²) in [6.07, 6.45) is 0.716. The maximum atomic E-state index is 12.8. The van der Waals surface area contributed by atoms with Gasteiger partial charge in [0.25, 0.3) is 5.91 Å². The number of aromatic nitrogens is 3. The van der Waals surface area contributed by atoms with Gasteiger partial charge < -0.3 is 20.1 Å². The summed E-state index contributed by atoms with van der Waals surface area (Å²) < 4.78 is 49.4. The van der Waals surface area contributed by atoms with Gasteiger partial charge in [-0.05, 0) is 37.3 Å². The van der Waals surface area contributed by atoms with E-state index in [1.165, 1.54) is 30.6 Å². The summed E-state index contributed by atoms with van der Waals surface area (Å²) in [5, 5.41) is 5.57. The molecule has 1 fully saturated rings. The Morgan fingerprint density at radius 2 is 1.81 bits per heavy atom. The molecule has 11 heteroatoms. The van der Waals surface area contributed by atoms with Crippen LogP contribution in [0.1, 0.15) is 28.4 Å². The van der Waals surface area contributed by atoms with Crippen molar-refractivity contribution in [3.05, 3.63) is 71.8 Å². The Kier molecular flexibility index (Phi) is 5.76. The minimum atomic E-state index is -4.47. The molecular weight excluding hydrogens is 427 g/mol. The summed E-state index contributed by atoms with van der Waals surface area (Å²) >= 11 is 0. The summed E-state index contributed by atoms with van der Waals surface area (Å²) in [7, 11) is 0. The number of anilines is 3. The van der Waals surface area contributed by atoms with Crippen LogP contribution in [0.4, 0.5) is 30.5 Å².